The first-order valence-corrected chi connectivity index (χ1v) is 14.1. The summed E-state index contributed by atoms with van der Waals surface area (Å²) in [5.41, 5.74) is 14.4. The molecule has 2 heterocycles. The zero-order valence-electron chi connectivity index (χ0n) is 23.3. The highest BCUT2D eigenvalue weighted by Gasteiger charge is 2.16. The van der Waals surface area contributed by atoms with E-state index in [-0.39, 0.29) is 16.6 Å². The van der Waals surface area contributed by atoms with Gasteiger partial charge in [-0.05, 0) is 87.5 Å². The van der Waals surface area contributed by atoms with Crippen LogP contribution in [0.1, 0.15) is 50.3 Å². The van der Waals surface area contributed by atoms with Crippen molar-refractivity contribution in [1.29, 1.82) is 0 Å². The molecule has 0 radical (unpaired) electrons. The van der Waals surface area contributed by atoms with Gasteiger partial charge in [0.05, 0.1) is 22.2 Å². The molecular weight excluding hydrogens is 548 g/mol. The number of aromatic nitrogens is 3. The maximum absolute atomic E-state index is 15.1. The number of halogens is 3. The van der Waals surface area contributed by atoms with Gasteiger partial charge in [-0.2, -0.15) is 4.98 Å². The Morgan fingerprint density at radius 1 is 1.22 bits per heavy atom. The van der Waals surface area contributed by atoms with Crippen LogP contribution in [0.25, 0.3) is 28.0 Å². The van der Waals surface area contributed by atoms with Crippen molar-refractivity contribution in [3.05, 3.63) is 81.1 Å². The number of aryl methyl sites for hydroxylation is 1. The molecule has 0 spiro atoms. The molecule has 11 heteroatoms. The maximum atomic E-state index is 15.1. The molecular formula is C30H36ClF2N7O. The van der Waals surface area contributed by atoms with Crippen LogP contribution in [0.2, 0.25) is 5.02 Å². The molecule has 0 amide bonds. The Kier molecular flexibility index (Phi) is 10.3. The number of aliphatic imine (C=N–C) groups is 1. The molecule has 0 saturated carbocycles. The van der Waals surface area contributed by atoms with Crippen LogP contribution in [0, 0.1) is 5.82 Å². The van der Waals surface area contributed by atoms with Crippen LogP contribution < -0.4 is 22.5 Å². The summed E-state index contributed by atoms with van der Waals surface area (Å²) < 4.78 is 29.2. The van der Waals surface area contributed by atoms with Gasteiger partial charge in [0.1, 0.15) is 12.3 Å². The summed E-state index contributed by atoms with van der Waals surface area (Å²) in [6.45, 7) is 4.76. The van der Waals surface area contributed by atoms with Crippen molar-refractivity contribution >= 4 is 28.5 Å². The van der Waals surface area contributed by atoms with E-state index in [0.29, 0.717) is 54.1 Å². The average molecular weight is 584 g/mol. The van der Waals surface area contributed by atoms with Crippen LogP contribution in [-0.4, -0.2) is 46.2 Å². The van der Waals surface area contributed by atoms with Crippen LogP contribution in [0.5, 0.6) is 0 Å². The zero-order chi connectivity index (χ0) is 29.5. The van der Waals surface area contributed by atoms with Crippen molar-refractivity contribution in [2.45, 2.75) is 51.6 Å². The molecule has 0 saturated heterocycles. The normalized spacial score (nSPS) is 13.6. The minimum atomic E-state index is -0.578. The summed E-state index contributed by atoms with van der Waals surface area (Å²) in [4.78, 5) is 24.3. The van der Waals surface area contributed by atoms with Gasteiger partial charge in [-0.25, -0.2) is 13.6 Å². The van der Waals surface area contributed by atoms with Gasteiger partial charge in [0, 0.05) is 35.8 Å². The van der Waals surface area contributed by atoms with Crippen molar-refractivity contribution < 1.29 is 8.78 Å². The zero-order valence-corrected chi connectivity index (χ0v) is 24.0. The highest BCUT2D eigenvalue weighted by Crippen LogP contribution is 2.31. The molecule has 6 N–H and O–H groups in total. The summed E-state index contributed by atoms with van der Waals surface area (Å²) >= 11 is 6.20. The summed E-state index contributed by atoms with van der Waals surface area (Å²) in [6, 6.07) is 12.3. The molecule has 8 nitrogen and oxygen atoms in total. The number of nitrogens with two attached hydrogens (primary N) is 2. The molecule has 2 atom stereocenters. The number of nitrogens with one attached hydrogen (secondary N) is 2. The Labute approximate surface area is 242 Å². The summed E-state index contributed by atoms with van der Waals surface area (Å²) in [5.74, 6) is 0.0140. The second kappa shape index (κ2) is 13.8. The van der Waals surface area contributed by atoms with Gasteiger partial charge in [0.2, 0.25) is 0 Å². The fraction of sp³-hybridized carbons (Fsp3) is 0.367. The molecule has 2 aromatic carbocycles. The fourth-order valence-corrected chi connectivity index (χ4v) is 4.89. The topological polar surface area (TPSA) is 127 Å². The molecule has 4 rings (SSSR count). The van der Waals surface area contributed by atoms with Crippen LogP contribution >= 0.6 is 11.6 Å². The smallest absolute Gasteiger partial charge is 0.354 e. The minimum Gasteiger partial charge on any atom is -0.388 e. The van der Waals surface area contributed by atoms with Gasteiger partial charge in [0.15, 0.2) is 5.82 Å². The number of hydrogen-bond acceptors (Lipinski definition) is 5. The average Bonchev–Trinajstić information content (AvgIpc) is 3.36. The molecule has 0 aliphatic carbocycles. The second-order valence-electron chi connectivity index (χ2n) is 10.3. The number of nitrogens with zero attached hydrogens (tertiary/aromatic N) is 3. The van der Waals surface area contributed by atoms with Crippen molar-refractivity contribution in [2.75, 3.05) is 19.8 Å². The SMILES string of the molecule is CC(N)=NCCCNC(C)c1ccc(-n2cc3cc(-c4cc(CCCC(N)CF)cc(Cl)c4F)[nH]c3nc2=O)cc1. The highest BCUT2D eigenvalue weighted by atomic mass is 35.5. The van der Waals surface area contributed by atoms with E-state index < -0.39 is 24.2 Å². The first-order valence-electron chi connectivity index (χ1n) is 13.7. The molecule has 4 aromatic rings. The maximum Gasteiger partial charge on any atom is 0.354 e. The van der Waals surface area contributed by atoms with E-state index in [1.807, 2.05) is 24.3 Å². The van der Waals surface area contributed by atoms with E-state index in [1.165, 1.54) is 4.57 Å². The van der Waals surface area contributed by atoms with Gasteiger partial charge in [-0.3, -0.25) is 9.56 Å². The van der Waals surface area contributed by atoms with Crippen molar-refractivity contribution in [3.63, 3.8) is 0 Å². The Balaban J connectivity index is 1.52. The lowest BCUT2D eigenvalue weighted by Gasteiger charge is -2.15. The van der Waals surface area contributed by atoms with E-state index in [0.717, 1.165) is 24.1 Å². The van der Waals surface area contributed by atoms with Crippen molar-refractivity contribution in [1.82, 2.24) is 19.9 Å². The molecule has 218 valence electrons. The molecule has 0 aliphatic rings. The number of benzene rings is 2. The third-order valence-corrected chi connectivity index (χ3v) is 7.22. The van der Waals surface area contributed by atoms with E-state index in [2.05, 4.69) is 27.2 Å². The van der Waals surface area contributed by atoms with Crippen molar-refractivity contribution in [2.24, 2.45) is 16.5 Å². The van der Waals surface area contributed by atoms with Gasteiger partial charge >= 0.3 is 5.69 Å². The van der Waals surface area contributed by atoms with Gasteiger partial charge in [-0.1, -0.05) is 23.7 Å². The standard InChI is InChI=1S/C30H36ClF2N7O/c1-18(36-11-4-12-37-19(2)34)21-7-9-24(10-8-21)40-17-22-15-27(38-29(22)39-30(40)41)25-13-20(14-26(31)28(25)33)5-3-6-23(35)16-32/h7-10,13-15,17-18,23,36H,3-6,11-12,16,35H2,1-2H3,(H2,34,37)(H,38,39,41). The third-order valence-electron chi connectivity index (χ3n) is 6.94. The molecule has 0 fully saturated rings. The molecule has 0 bridgehead atoms. The lowest BCUT2D eigenvalue weighted by Crippen LogP contribution is -2.22. The lowest BCUT2D eigenvalue weighted by molar-refractivity contribution is 0.407. The molecule has 0 aliphatic heterocycles. The van der Waals surface area contributed by atoms with Crippen LogP contribution in [0.4, 0.5) is 8.78 Å². The first-order chi connectivity index (χ1) is 19.7. The number of alkyl halides is 1. The number of H-pyrrole nitrogens is 1. The van der Waals surface area contributed by atoms with Gasteiger partial charge in [-0.15, -0.1) is 0 Å². The van der Waals surface area contributed by atoms with Gasteiger partial charge < -0.3 is 21.8 Å². The summed E-state index contributed by atoms with van der Waals surface area (Å²) in [7, 11) is 0. The number of aromatic amines is 1. The largest absolute Gasteiger partial charge is 0.388 e. The van der Waals surface area contributed by atoms with E-state index in [1.54, 1.807) is 31.3 Å². The summed E-state index contributed by atoms with van der Waals surface area (Å²) in [5, 5.41) is 4.09. The molecule has 2 aromatic heterocycles. The lowest BCUT2D eigenvalue weighted by atomic mass is 10.0. The van der Waals surface area contributed by atoms with Gasteiger partial charge in [0.25, 0.3) is 0 Å². The predicted molar refractivity (Wildman–Crippen MR) is 162 cm³/mol. The molecule has 2 unspecified atom stereocenters. The fourth-order valence-electron chi connectivity index (χ4n) is 4.65. The Morgan fingerprint density at radius 3 is 2.68 bits per heavy atom. The number of rotatable bonds is 13. The number of amidine groups is 1. The van der Waals surface area contributed by atoms with E-state index >= 15 is 4.39 Å². The second-order valence-corrected chi connectivity index (χ2v) is 10.7. The number of fused-ring (bicyclic) bond motifs is 1. The van der Waals surface area contributed by atoms with Crippen LogP contribution in [0.3, 0.4) is 0 Å². The van der Waals surface area contributed by atoms with Crippen LogP contribution in [-0.2, 0) is 6.42 Å². The minimum absolute atomic E-state index is 0.0125. The number of hydrogen-bond donors (Lipinski definition) is 4. The Morgan fingerprint density at radius 2 is 1.98 bits per heavy atom. The highest BCUT2D eigenvalue weighted by molar-refractivity contribution is 6.31. The summed E-state index contributed by atoms with van der Waals surface area (Å²) in [6.07, 6.45) is 4.31. The monoisotopic (exact) mass is 583 g/mol. The third kappa shape index (κ3) is 7.78. The van der Waals surface area contributed by atoms with E-state index in [4.69, 9.17) is 23.1 Å². The Bertz CT molecular complexity index is 1560. The van der Waals surface area contributed by atoms with E-state index in [9.17, 15) is 9.18 Å². The quantitative estimate of drug-likeness (QED) is 0.0976. The predicted octanol–water partition coefficient (Wildman–Crippen LogP) is 5.21. The van der Waals surface area contributed by atoms with Crippen LogP contribution in [0.15, 0.2) is 58.4 Å². The first kappa shape index (κ1) is 30.4. The van der Waals surface area contributed by atoms with Crippen molar-refractivity contribution in [3.8, 4) is 16.9 Å². The molecule has 41 heavy (non-hydrogen) atoms. The Hall–Kier alpha value is -3.60.